The van der Waals surface area contributed by atoms with E-state index in [1.165, 1.54) is 0 Å². The first-order chi connectivity index (χ1) is 11.6. The van der Waals surface area contributed by atoms with Crippen LogP contribution in [0.25, 0.3) is 0 Å². The van der Waals surface area contributed by atoms with Crippen LogP contribution in [0.1, 0.15) is 25.8 Å². The van der Waals surface area contributed by atoms with Crippen LogP contribution in [0.15, 0.2) is 23.2 Å². The lowest BCUT2D eigenvalue weighted by molar-refractivity contribution is -0.116. The van der Waals surface area contributed by atoms with Crippen LogP contribution in [0.5, 0.6) is 0 Å². The smallest absolute Gasteiger partial charge is 0.226 e. The summed E-state index contributed by atoms with van der Waals surface area (Å²) in [6, 6.07) is 5.46. The van der Waals surface area contributed by atoms with Crippen molar-refractivity contribution in [3.63, 3.8) is 0 Å². The van der Waals surface area contributed by atoms with Crippen molar-refractivity contribution in [1.29, 1.82) is 0 Å². The quantitative estimate of drug-likeness (QED) is 0.362. The van der Waals surface area contributed by atoms with Crippen molar-refractivity contribution in [2.45, 2.75) is 27.2 Å². The average molecular weight is 355 g/mol. The highest BCUT2D eigenvalue weighted by molar-refractivity contribution is 6.31. The van der Waals surface area contributed by atoms with Gasteiger partial charge in [-0.05, 0) is 38.5 Å². The molecule has 0 atom stereocenters. The van der Waals surface area contributed by atoms with E-state index in [-0.39, 0.29) is 5.91 Å². The molecule has 0 spiro atoms. The van der Waals surface area contributed by atoms with Gasteiger partial charge < -0.3 is 20.7 Å². The number of hydrogen-bond donors (Lipinski definition) is 3. The zero-order chi connectivity index (χ0) is 17.8. The van der Waals surface area contributed by atoms with Crippen molar-refractivity contribution in [3.05, 3.63) is 28.8 Å². The zero-order valence-electron chi connectivity index (χ0n) is 14.6. The Morgan fingerprint density at radius 1 is 1.29 bits per heavy atom. The van der Waals surface area contributed by atoms with Crippen LogP contribution in [-0.2, 0) is 9.53 Å². The molecule has 1 amide bonds. The molecule has 1 aromatic carbocycles. The highest BCUT2D eigenvalue weighted by atomic mass is 35.5. The Balaban J connectivity index is 2.40. The third-order valence-electron chi connectivity index (χ3n) is 3.24. The molecular formula is C17H27ClN4O2. The van der Waals surface area contributed by atoms with Gasteiger partial charge >= 0.3 is 0 Å². The number of nitrogens with one attached hydrogen (secondary N) is 3. The molecular weight excluding hydrogens is 328 g/mol. The molecule has 0 saturated carbocycles. The summed E-state index contributed by atoms with van der Waals surface area (Å²) in [5.74, 6) is 0.613. The molecule has 0 aromatic heterocycles. The Morgan fingerprint density at radius 3 is 2.79 bits per heavy atom. The Bertz CT molecular complexity index is 549. The van der Waals surface area contributed by atoms with Gasteiger partial charge in [0, 0.05) is 36.8 Å². The minimum absolute atomic E-state index is 0.0713. The first-order valence-corrected chi connectivity index (χ1v) is 8.61. The largest absolute Gasteiger partial charge is 0.380 e. The molecule has 0 saturated heterocycles. The third kappa shape index (κ3) is 7.66. The maximum Gasteiger partial charge on any atom is 0.226 e. The minimum atomic E-state index is -0.0713. The van der Waals surface area contributed by atoms with E-state index < -0.39 is 0 Å². The van der Waals surface area contributed by atoms with Gasteiger partial charge in [-0.15, -0.1) is 0 Å². The SMILES string of the molecule is CCNC(=NCCOCC)NCCC(=O)Nc1cccc(Cl)c1C. The third-order valence-corrected chi connectivity index (χ3v) is 3.65. The Morgan fingerprint density at radius 2 is 2.08 bits per heavy atom. The Kier molecular flexibility index (Phi) is 9.88. The van der Waals surface area contributed by atoms with Crippen LogP contribution < -0.4 is 16.0 Å². The minimum Gasteiger partial charge on any atom is -0.380 e. The predicted molar refractivity (Wildman–Crippen MR) is 99.9 cm³/mol. The maximum atomic E-state index is 12.0. The van der Waals surface area contributed by atoms with Crippen molar-refractivity contribution in [2.24, 2.45) is 4.99 Å². The van der Waals surface area contributed by atoms with Gasteiger partial charge in [0.25, 0.3) is 0 Å². The number of anilines is 1. The topological polar surface area (TPSA) is 74.8 Å². The molecule has 0 aliphatic rings. The summed E-state index contributed by atoms with van der Waals surface area (Å²) in [6.45, 7) is 8.92. The van der Waals surface area contributed by atoms with E-state index in [2.05, 4.69) is 20.9 Å². The molecule has 3 N–H and O–H groups in total. The van der Waals surface area contributed by atoms with Crippen molar-refractivity contribution in [1.82, 2.24) is 10.6 Å². The van der Waals surface area contributed by atoms with E-state index in [0.717, 1.165) is 17.8 Å². The zero-order valence-corrected chi connectivity index (χ0v) is 15.4. The van der Waals surface area contributed by atoms with E-state index in [1.807, 2.05) is 32.9 Å². The fourth-order valence-electron chi connectivity index (χ4n) is 1.96. The molecule has 6 nitrogen and oxygen atoms in total. The maximum absolute atomic E-state index is 12.0. The number of benzene rings is 1. The number of carbonyl (C=O) groups excluding carboxylic acids is 1. The molecule has 7 heteroatoms. The van der Waals surface area contributed by atoms with Crippen LogP contribution in [0, 0.1) is 6.92 Å². The van der Waals surface area contributed by atoms with Crippen LogP contribution >= 0.6 is 11.6 Å². The number of guanidine groups is 1. The molecule has 24 heavy (non-hydrogen) atoms. The first kappa shape index (κ1) is 20.3. The van der Waals surface area contributed by atoms with Crippen LogP contribution in [0.4, 0.5) is 5.69 Å². The number of nitrogens with zero attached hydrogens (tertiary/aromatic N) is 1. The second-order valence-corrected chi connectivity index (χ2v) is 5.50. The van der Waals surface area contributed by atoms with Crippen molar-refractivity contribution >= 4 is 29.2 Å². The molecule has 0 heterocycles. The van der Waals surface area contributed by atoms with Crippen LogP contribution in [-0.4, -0.2) is 44.7 Å². The van der Waals surface area contributed by atoms with E-state index in [1.54, 1.807) is 6.07 Å². The summed E-state index contributed by atoms with van der Waals surface area (Å²) in [5.41, 5.74) is 1.61. The fourth-order valence-corrected chi connectivity index (χ4v) is 2.13. The molecule has 0 unspecified atom stereocenters. The molecule has 0 bridgehead atoms. The lowest BCUT2D eigenvalue weighted by atomic mass is 10.2. The molecule has 1 rings (SSSR count). The highest BCUT2D eigenvalue weighted by Gasteiger charge is 2.07. The number of halogens is 1. The summed E-state index contributed by atoms with van der Waals surface area (Å²) in [4.78, 5) is 16.4. The van der Waals surface area contributed by atoms with E-state index >= 15 is 0 Å². The van der Waals surface area contributed by atoms with Gasteiger partial charge in [0.2, 0.25) is 5.91 Å². The summed E-state index contributed by atoms with van der Waals surface area (Å²) in [6.07, 6.45) is 0.335. The number of aliphatic imine (C=N–C) groups is 1. The highest BCUT2D eigenvalue weighted by Crippen LogP contribution is 2.22. The number of ether oxygens (including phenoxy) is 1. The molecule has 0 radical (unpaired) electrons. The standard InChI is InChI=1S/C17H27ClN4O2/c1-4-19-17(21-11-12-24-5-2)20-10-9-16(23)22-15-8-6-7-14(18)13(15)3/h6-8H,4-5,9-12H2,1-3H3,(H,22,23)(H2,19,20,21). The second kappa shape index (κ2) is 11.7. The van der Waals surface area contributed by atoms with Crippen molar-refractivity contribution < 1.29 is 9.53 Å². The van der Waals surface area contributed by atoms with Gasteiger partial charge in [-0.3, -0.25) is 9.79 Å². The van der Waals surface area contributed by atoms with Gasteiger partial charge in [0.1, 0.15) is 0 Å². The summed E-state index contributed by atoms with van der Waals surface area (Å²) >= 11 is 6.05. The summed E-state index contributed by atoms with van der Waals surface area (Å²) < 4.78 is 5.25. The van der Waals surface area contributed by atoms with Gasteiger partial charge in [0.05, 0.1) is 13.2 Å². The van der Waals surface area contributed by atoms with Crippen molar-refractivity contribution in [2.75, 3.05) is 38.2 Å². The van der Waals surface area contributed by atoms with Gasteiger partial charge in [-0.2, -0.15) is 0 Å². The normalized spacial score (nSPS) is 11.2. The van der Waals surface area contributed by atoms with Gasteiger partial charge in [-0.25, -0.2) is 0 Å². The molecule has 134 valence electrons. The van der Waals surface area contributed by atoms with Gasteiger partial charge in [0.15, 0.2) is 5.96 Å². The Hall–Kier alpha value is -1.79. The number of carbonyl (C=O) groups is 1. The first-order valence-electron chi connectivity index (χ1n) is 8.23. The summed E-state index contributed by atoms with van der Waals surface area (Å²) in [5, 5.41) is 9.78. The molecule has 0 aliphatic heterocycles. The Labute approximate surface area is 149 Å². The lowest BCUT2D eigenvalue weighted by Crippen LogP contribution is -2.39. The second-order valence-electron chi connectivity index (χ2n) is 5.09. The predicted octanol–water partition coefficient (Wildman–Crippen LogP) is 2.57. The summed E-state index contributed by atoms with van der Waals surface area (Å²) in [7, 11) is 0. The lowest BCUT2D eigenvalue weighted by Gasteiger charge is -2.12. The number of amides is 1. The van der Waals surface area contributed by atoms with Crippen molar-refractivity contribution in [3.8, 4) is 0 Å². The van der Waals surface area contributed by atoms with Crippen LogP contribution in [0.2, 0.25) is 5.02 Å². The monoisotopic (exact) mass is 354 g/mol. The van der Waals surface area contributed by atoms with E-state index in [4.69, 9.17) is 16.3 Å². The van der Waals surface area contributed by atoms with E-state index in [0.29, 0.717) is 43.7 Å². The average Bonchev–Trinajstić information content (AvgIpc) is 2.56. The molecule has 0 aliphatic carbocycles. The van der Waals surface area contributed by atoms with Gasteiger partial charge in [-0.1, -0.05) is 17.7 Å². The van der Waals surface area contributed by atoms with Crippen LogP contribution in [0.3, 0.4) is 0 Å². The fraction of sp³-hybridized carbons (Fsp3) is 0.529. The molecule has 0 fully saturated rings. The number of rotatable bonds is 9. The number of hydrogen-bond acceptors (Lipinski definition) is 3. The van der Waals surface area contributed by atoms with E-state index in [9.17, 15) is 4.79 Å². The molecule has 1 aromatic rings.